The summed E-state index contributed by atoms with van der Waals surface area (Å²) in [7, 11) is 0. The molecule has 21 heavy (non-hydrogen) atoms. The highest BCUT2D eigenvalue weighted by Crippen LogP contribution is 2.25. The van der Waals surface area contributed by atoms with Crippen LogP contribution in [0.15, 0.2) is 42.6 Å². The van der Waals surface area contributed by atoms with Crippen molar-refractivity contribution in [3.8, 4) is 0 Å². The molecule has 0 bridgehead atoms. The van der Waals surface area contributed by atoms with Crippen LogP contribution in [0.3, 0.4) is 0 Å². The second-order valence-corrected chi connectivity index (χ2v) is 5.40. The van der Waals surface area contributed by atoms with Gasteiger partial charge in [0, 0.05) is 12.3 Å². The number of aryl methyl sites for hydroxylation is 1. The van der Waals surface area contributed by atoms with E-state index in [9.17, 15) is 4.79 Å². The molecule has 3 nitrogen and oxygen atoms in total. The fraction of sp³-hybridized carbons (Fsp3) is 0.0667. The number of ketones is 1. The number of allylic oxidation sites excluding steroid dienone is 1. The molecule has 0 fully saturated rings. The summed E-state index contributed by atoms with van der Waals surface area (Å²) in [6.07, 6.45) is 2.88. The molecule has 0 aliphatic carbocycles. The van der Waals surface area contributed by atoms with Crippen LogP contribution in [-0.2, 0) is 0 Å². The van der Waals surface area contributed by atoms with Crippen LogP contribution < -0.4 is 5.32 Å². The maximum absolute atomic E-state index is 12.0. The first-order chi connectivity index (χ1) is 9.99. The smallest absolute Gasteiger partial charge is 0.190 e. The van der Waals surface area contributed by atoms with Crippen LogP contribution in [0.25, 0.3) is 0 Å². The molecule has 0 atom stereocenters. The van der Waals surface area contributed by atoms with Crippen molar-refractivity contribution in [2.24, 2.45) is 0 Å². The van der Waals surface area contributed by atoms with E-state index in [1.54, 1.807) is 6.07 Å². The fourth-order valence-corrected chi connectivity index (χ4v) is 2.42. The van der Waals surface area contributed by atoms with Gasteiger partial charge in [-0.25, -0.2) is 4.98 Å². The lowest BCUT2D eigenvalue weighted by Gasteiger charge is -2.07. The van der Waals surface area contributed by atoms with Crippen molar-refractivity contribution in [3.63, 3.8) is 0 Å². The van der Waals surface area contributed by atoms with Crippen molar-refractivity contribution in [2.45, 2.75) is 6.92 Å². The molecule has 1 aromatic heterocycles. The topological polar surface area (TPSA) is 42.0 Å². The Bertz CT molecular complexity index is 694. The van der Waals surface area contributed by atoms with Gasteiger partial charge in [0.2, 0.25) is 0 Å². The number of halogens is 3. The van der Waals surface area contributed by atoms with Gasteiger partial charge in [-0.2, -0.15) is 0 Å². The highest BCUT2D eigenvalue weighted by atomic mass is 35.5. The molecule has 0 radical (unpaired) electrons. The van der Waals surface area contributed by atoms with Gasteiger partial charge in [-0.1, -0.05) is 46.9 Å². The van der Waals surface area contributed by atoms with E-state index in [1.165, 1.54) is 24.4 Å². The van der Waals surface area contributed by atoms with Gasteiger partial charge in [-0.05, 0) is 30.7 Å². The van der Waals surface area contributed by atoms with E-state index in [4.69, 9.17) is 34.8 Å². The Morgan fingerprint density at radius 2 is 1.95 bits per heavy atom. The van der Waals surface area contributed by atoms with Crippen LogP contribution in [0.5, 0.6) is 0 Å². The van der Waals surface area contributed by atoms with Crippen molar-refractivity contribution in [1.29, 1.82) is 0 Å². The predicted octanol–water partition coefficient (Wildman–Crippen LogP) is 5.16. The van der Waals surface area contributed by atoms with Gasteiger partial charge in [0.15, 0.2) is 5.78 Å². The summed E-state index contributed by atoms with van der Waals surface area (Å²) in [4.78, 5) is 15.8. The molecule has 0 saturated heterocycles. The van der Waals surface area contributed by atoms with Crippen molar-refractivity contribution in [3.05, 3.63) is 69.1 Å². The highest BCUT2D eigenvalue weighted by molar-refractivity contribution is 6.35. The number of aromatic nitrogens is 1. The third-order valence-corrected chi connectivity index (χ3v) is 3.58. The molecule has 2 aromatic rings. The van der Waals surface area contributed by atoms with Crippen LogP contribution in [-0.4, -0.2) is 10.8 Å². The van der Waals surface area contributed by atoms with E-state index in [0.717, 1.165) is 11.3 Å². The minimum Gasteiger partial charge on any atom is -0.360 e. The van der Waals surface area contributed by atoms with Gasteiger partial charge in [0.05, 0.1) is 16.3 Å². The van der Waals surface area contributed by atoms with Gasteiger partial charge < -0.3 is 5.32 Å². The van der Waals surface area contributed by atoms with Crippen LogP contribution in [0.2, 0.25) is 15.3 Å². The third kappa shape index (κ3) is 3.97. The van der Waals surface area contributed by atoms with E-state index >= 15 is 0 Å². The number of hydrogen-bond donors (Lipinski definition) is 1. The monoisotopic (exact) mass is 340 g/mol. The number of benzene rings is 1. The number of para-hydroxylation sites is 1. The number of nitrogens with zero attached hydrogens (tertiary/aromatic N) is 1. The minimum absolute atomic E-state index is 0.0751. The Hall–Kier alpha value is -1.55. The zero-order chi connectivity index (χ0) is 15.4. The molecular weight excluding hydrogens is 331 g/mol. The molecular formula is C15H11Cl3N2O. The SMILES string of the molecule is Cc1cccc(Cl)c1N/C=C/C(=O)c1ccc(Cl)nc1Cl. The lowest BCUT2D eigenvalue weighted by Crippen LogP contribution is -1.99. The van der Waals surface area contributed by atoms with Crippen molar-refractivity contribution >= 4 is 46.3 Å². The zero-order valence-electron chi connectivity index (χ0n) is 11.0. The maximum Gasteiger partial charge on any atom is 0.190 e. The van der Waals surface area contributed by atoms with Gasteiger partial charge in [0.1, 0.15) is 10.3 Å². The Balaban J connectivity index is 2.13. The lowest BCUT2D eigenvalue weighted by molar-refractivity contribution is 0.104. The number of nitrogens with one attached hydrogen (secondary N) is 1. The summed E-state index contributed by atoms with van der Waals surface area (Å²) >= 11 is 17.6. The molecule has 1 aromatic carbocycles. The molecule has 0 unspecified atom stereocenters. The van der Waals surface area contributed by atoms with Gasteiger partial charge in [-0.3, -0.25) is 4.79 Å². The first-order valence-corrected chi connectivity index (χ1v) is 7.17. The molecule has 0 aliphatic rings. The molecule has 108 valence electrons. The number of anilines is 1. The van der Waals surface area contributed by atoms with Crippen molar-refractivity contribution in [2.75, 3.05) is 5.32 Å². The summed E-state index contributed by atoms with van der Waals surface area (Å²) in [5.41, 5.74) is 2.02. The largest absolute Gasteiger partial charge is 0.360 e. The molecule has 1 heterocycles. The average molecular weight is 342 g/mol. The normalized spacial score (nSPS) is 10.9. The number of carbonyl (C=O) groups is 1. The molecule has 0 aliphatic heterocycles. The fourth-order valence-electron chi connectivity index (χ4n) is 1.70. The number of carbonyl (C=O) groups excluding carboxylic acids is 1. The second kappa shape index (κ2) is 6.94. The first kappa shape index (κ1) is 15.8. The minimum atomic E-state index is -0.277. The van der Waals surface area contributed by atoms with Gasteiger partial charge in [-0.15, -0.1) is 0 Å². The zero-order valence-corrected chi connectivity index (χ0v) is 13.3. The summed E-state index contributed by atoms with van der Waals surface area (Å²) in [5, 5.41) is 3.89. The van der Waals surface area contributed by atoms with Crippen LogP contribution in [0.1, 0.15) is 15.9 Å². The Morgan fingerprint density at radius 1 is 1.19 bits per heavy atom. The average Bonchev–Trinajstić information content (AvgIpc) is 2.42. The van der Waals surface area contributed by atoms with Crippen LogP contribution in [0.4, 0.5) is 5.69 Å². The Labute approximate surface area is 137 Å². The van der Waals surface area contributed by atoms with E-state index in [0.29, 0.717) is 5.02 Å². The van der Waals surface area contributed by atoms with Gasteiger partial charge >= 0.3 is 0 Å². The van der Waals surface area contributed by atoms with E-state index in [1.807, 2.05) is 19.1 Å². The number of rotatable bonds is 4. The lowest BCUT2D eigenvalue weighted by atomic mass is 10.2. The Morgan fingerprint density at radius 3 is 2.62 bits per heavy atom. The second-order valence-electron chi connectivity index (χ2n) is 4.25. The van der Waals surface area contributed by atoms with Gasteiger partial charge in [0.25, 0.3) is 0 Å². The molecule has 0 saturated carbocycles. The standard InChI is InChI=1S/C15H11Cl3N2O/c1-9-3-2-4-11(16)14(9)19-8-7-12(21)10-5-6-13(17)20-15(10)18/h2-8,19H,1H3/b8-7+. The maximum atomic E-state index is 12.0. The molecule has 0 spiro atoms. The van der Waals surface area contributed by atoms with Crippen molar-refractivity contribution < 1.29 is 4.79 Å². The third-order valence-electron chi connectivity index (χ3n) is 2.76. The summed E-state index contributed by atoms with van der Waals surface area (Å²) in [5.74, 6) is -0.277. The molecule has 0 amide bonds. The predicted molar refractivity (Wildman–Crippen MR) is 87.5 cm³/mol. The van der Waals surface area contributed by atoms with Crippen LogP contribution >= 0.6 is 34.8 Å². The molecule has 6 heteroatoms. The molecule has 2 rings (SSSR count). The van der Waals surface area contributed by atoms with Crippen molar-refractivity contribution in [1.82, 2.24) is 4.98 Å². The highest BCUT2D eigenvalue weighted by Gasteiger charge is 2.09. The summed E-state index contributed by atoms with van der Waals surface area (Å²) in [6.45, 7) is 1.92. The number of hydrogen-bond acceptors (Lipinski definition) is 3. The number of pyridine rings is 1. The quantitative estimate of drug-likeness (QED) is 0.474. The summed E-state index contributed by atoms with van der Waals surface area (Å²) < 4.78 is 0. The summed E-state index contributed by atoms with van der Waals surface area (Å²) in [6, 6.07) is 8.60. The molecule has 1 N–H and O–H groups in total. The van der Waals surface area contributed by atoms with E-state index in [-0.39, 0.29) is 21.7 Å². The first-order valence-electron chi connectivity index (χ1n) is 6.03. The van der Waals surface area contributed by atoms with E-state index < -0.39 is 0 Å². The van der Waals surface area contributed by atoms with E-state index in [2.05, 4.69) is 10.3 Å². The van der Waals surface area contributed by atoms with Crippen LogP contribution in [0, 0.1) is 6.92 Å². The Kier molecular flexibility index (Phi) is 5.23.